The van der Waals surface area contributed by atoms with Crippen molar-refractivity contribution in [2.24, 2.45) is 0 Å². The molecule has 0 spiro atoms. The molecule has 2 rings (SSSR count). The molecule has 1 aromatic rings. The summed E-state index contributed by atoms with van der Waals surface area (Å²) in [5, 5.41) is 6.66. The normalized spacial score (nSPS) is 16.9. The molecule has 0 bridgehead atoms. The highest BCUT2D eigenvalue weighted by molar-refractivity contribution is 5.87. The summed E-state index contributed by atoms with van der Waals surface area (Å²) in [6, 6.07) is 4.30. The van der Waals surface area contributed by atoms with E-state index in [1.807, 2.05) is 12.1 Å². The van der Waals surface area contributed by atoms with Crippen molar-refractivity contribution >= 4 is 42.7 Å². The fraction of sp³-hybridized carbons (Fsp3) is 0.429. The number of nitrogens with zero attached hydrogens (tertiary/aromatic N) is 1. The number of anilines is 1. The fourth-order valence-electron chi connectivity index (χ4n) is 1.93. The summed E-state index contributed by atoms with van der Waals surface area (Å²) in [6.45, 7) is 4.20. The number of carbonyl (C=O) groups is 1. The Morgan fingerprint density at radius 2 is 2.33 bits per heavy atom. The van der Waals surface area contributed by atoms with E-state index in [9.17, 15) is 4.79 Å². The van der Waals surface area contributed by atoms with Crippen LogP contribution in [0.25, 0.3) is 6.08 Å². The minimum absolute atomic E-state index is 0. The number of rotatable bonds is 5. The molecule has 1 saturated heterocycles. The molecule has 2 heterocycles. The number of pyridine rings is 1. The maximum atomic E-state index is 11.2. The molecule has 21 heavy (non-hydrogen) atoms. The Morgan fingerprint density at radius 3 is 2.90 bits per heavy atom. The number of esters is 1. The molecule has 0 unspecified atom stereocenters. The van der Waals surface area contributed by atoms with E-state index >= 15 is 0 Å². The third-order valence-corrected chi connectivity index (χ3v) is 2.90. The molecule has 1 atom stereocenters. The Balaban J connectivity index is 0.00000200. The zero-order valence-corrected chi connectivity index (χ0v) is 13.5. The minimum Gasteiger partial charge on any atom is -0.463 e. The lowest BCUT2D eigenvalue weighted by Gasteiger charge is -2.11. The van der Waals surface area contributed by atoms with Crippen molar-refractivity contribution in [3.63, 3.8) is 0 Å². The number of nitrogens with one attached hydrogen (secondary N) is 2. The van der Waals surface area contributed by atoms with Crippen LogP contribution in [0.5, 0.6) is 0 Å². The van der Waals surface area contributed by atoms with Crippen LogP contribution < -0.4 is 10.6 Å². The van der Waals surface area contributed by atoms with Crippen molar-refractivity contribution in [2.75, 3.05) is 25.0 Å². The van der Waals surface area contributed by atoms with Crippen LogP contribution in [0, 0.1) is 0 Å². The number of halogens is 2. The number of ether oxygens (including phenoxy) is 1. The van der Waals surface area contributed by atoms with Gasteiger partial charge in [0, 0.05) is 24.9 Å². The highest BCUT2D eigenvalue weighted by Crippen LogP contribution is 2.10. The maximum Gasteiger partial charge on any atom is 0.330 e. The Hall–Kier alpha value is -1.30. The Morgan fingerprint density at radius 1 is 1.52 bits per heavy atom. The van der Waals surface area contributed by atoms with Crippen molar-refractivity contribution < 1.29 is 9.53 Å². The van der Waals surface area contributed by atoms with Gasteiger partial charge in [0.25, 0.3) is 0 Å². The van der Waals surface area contributed by atoms with E-state index in [1.54, 1.807) is 19.2 Å². The molecule has 2 N–H and O–H groups in total. The first-order valence-electron chi connectivity index (χ1n) is 6.56. The smallest absolute Gasteiger partial charge is 0.330 e. The van der Waals surface area contributed by atoms with Gasteiger partial charge in [0.05, 0.1) is 6.61 Å². The van der Waals surface area contributed by atoms with E-state index in [2.05, 4.69) is 15.6 Å². The van der Waals surface area contributed by atoms with Crippen LogP contribution in [0.4, 0.5) is 5.82 Å². The molecule has 5 nitrogen and oxygen atoms in total. The molecule has 1 fully saturated rings. The molecule has 0 radical (unpaired) electrons. The van der Waals surface area contributed by atoms with Gasteiger partial charge < -0.3 is 15.4 Å². The van der Waals surface area contributed by atoms with Crippen LogP contribution in [-0.2, 0) is 9.53 Å². The van der Waals surface area contributed by atoms with Crippen LogP contribution in [0.2, 0.25) is 0 Å². The zero-order chi connectivity index (χ0) is 13.5. The number of hydrogen-bond acceptors (Lipinski definition) is 5. The standard InChI is InChI=1S/C14H19N3O2.2ClH/c1-2-19-14(18)6-4-11-3-5-13(16-9-11)17-12-7-8-15-10-12;;/h3-6,9,12,15H,2,7-8,10H2,1H3,(H,16,17);2*1H/b6-4+;;/t12-;;/m1../s1. The monoisotopic (exact) mass is 333 g/mol. The number of hydrogen-bond donors (Lipinski definition) is 2. The molecule has 0 saturated carbocycles. The minimum atomic E-state index is -0.332. The fourth-order valence-corrected chi connectivity index (χ4v) is 1.93. The number of carbonyl (C=O) groups excluding carboxylic acids is 1. The molecule has 0 amide bonds. The highest BCUT2D eigenvalue weighted by Gasteiger charge is 2.13. The first kappa shape index (κ1) is 19.7. The van der Waals surface area contributed by atoms with E-state index in [1.165, 1.54) is 6.08 Å². The van der Waals surface area contributed by atoms with Crippen LogP contribution in [-0.4, -0.2) is 36.7 Å². The summed E-state index contributed by atoms with van der Waals surface area (Å²) in [6.07, 6.45) is 5.97. The predicted octanol–water partition coefficient (Wildman–Crippen LogP) is 2.28. The van der Waals surface area contributed by atoms with Gasteiger partial charge in [-0.3, -0.25) is 0 Å². The largest absolute Gasteiger partial charge is 0.463 e. The third-order valence-electron chi connectivity index (χ3n) is 2.90. The topological polar surface area (TPSA) is 63.2 Å². The van der Waals surface area contributed by atoms with Crippen LogP contribution in [0.1, 0.15) is 18.9 Å². The van der Waals surface area contributed by atoms with Gasteiger partial charge in [-0.2, -0.15) is 0 Å². The van der Waals surface area contributed by atoms with Gasteiger partial charge in [0.2, 0.25) is 0 Å². The summed E-state index contributed by atoms with van der Waals surface area (Å²) >= 11 is 0. The molecule has 1 aliphatic rings. The Bertz CT molecular complexity index is 446. The summed E-state index contributed by atoms with van der Waals surface area (Å²) in [4.78, 5) is 15.5. The van der Waals surface area contributed by atoms with Gasteiger partial charge in [0.15, 0.2) is 0 Å². The van der Waals surface area contributed by atoms with Crippen molar-refractivity contribution in [1.82, 2.24) is 10.3 Å². The van der Waals surface area contributed by atoms with Gasteiger partial charge in [-0.05, 0) is 43.7 Å². The van der Waals surface area contributed by atoms with Crippen LogP contribution in [0.3, 0.4) is 0 Å². The summed E-state index contributed by atoms with van der Waals surface area (Å²) in [5.41, 5.74) is 0.878. The second-order valence-electron chi connectivity index (χ2n) is 4.40. The molecule has 1 aromatic heterocycles. The van der Waals surface area contributed by atoms with Gasteiger partial charge in [-0.1, -0.05) is 0 Å². The lowest BCUT2D eigenvalue weighted by Crippen LogP contribution is -2.22. The van der Waals surface area contributed by atoms with Gasteiger partial charge in [0.1, 0.15) is 5.82 Å². The maximum absolute atomic E-state index is 11.2. The molecule has 118 valence electrons. The third kappa shape index (κ3) is 6.80. The van der Waals surface area contributed by atoms with E-state index in [0.29, 0.717) is 12.6 Å². The lowest BCUT2D eigenvalue weighted by atomic mass is 10.2. The van der Waals surface area contributed by atoms with Crippen molar-refractivity contribution in [2.45, 2.75) is 19.4 Å². The lowest BCUT2D eigenvalue weighted by molar-refractivity contribution is -0.137. The van der Waals surface area contributed by atoms with Crippen molar-refractivity contribution in [1.29, 1.82) is 0 Å². The second-order valence-corrected chi connectivity index (χ2v) is 4.40. The summed E-state index contributed by atoms with van der Waals surface area (Å²) in [5.74, 6) is 0.531. The Labute approximate surface area is 137 Å². The molecule has 0 aliphatic carbocycles. The van der Waals surface area contributed by atoms with E-state index in [-0.39, 0.29) is 30.8 Å². The highest BCUT2D eigenvalue weighted by atomic mass is 35.5. The summed E-state index contributed by atoms with van der Waals surface area (Å²) in [7, 11) is 0. The molecule has 1 aliphatic heterocycles. The predicted molar refractivity (Wildman–Crippen MR) is 89.3 cm³/mol. The first-order valence-corrected chi connectivity index (χ1v) is 6.56. The van der Waals surface area contributed by atoms with Crippen molar-refractivity contribution in [3.8, 4) is 0 Å². The Kier molecular flexibility index (Phi) is 9.78. The quantitative estimate of drug-likeness (QED) is 0.639. The van der Waals surface area contributed by atoms with Gasteiger partial charge >= 0.3 is 5.97 Å². The second kappa shape index (κ2) is 10.4. The van der Waals surface area contributed by atoms with Crippen LogP contribution >= 0.6 is 24.8 Å². The van der Waals surface area contributed by atoms with Crippen LogP contribution in [0.15, 0.2) is 24.4 Å². The molecule has 0 aromatic carbocycles. The van der Waals surface area contributed by atoms with Gasteiger partial charge in [-0.15, -0.1) is 24.8 Å². The van der Waals surface area contributed by atoms with E-state index in [4.69, 9.17) is 4.74 Å². The van der Waals surface area contributed by atoms with E-state index in [0.717, 1.165) is 30.9 Å². The van der Waals surface area contributed by atoms with E-state index < -0.39 is 0 Å². The SMILES string of the molecule is CCOC(=O)/C=C/c1ccc(N[C@@H]2CCNC2)nc1.Cl.Cl. The van der Waals surface area contributed by atoms with Gasteiger partial charge in [-0.25, -0.2) is 9.78 Å². The van der Waals surface area contributed by atoms with Crippen molar-refractivity contribution in [3.05, 3.63) is 30.0 Å². The average molecular weight is 334 g/mol. The first-order chi connectivity index (χ1) is 9.28. The molecule has 7 heteroatoms. The average Bonchev–Trinajstić information content (AvgIpc) is 2.91. The zero-order valence-electron chi connectivity index (χ0n) is 11.9. The molecular formula is C14H21Cl2N3O2. The summed E-state index contributed by atoms with van der Waals surface area (Å²) < 4.78 is 4.81. The molecular weight excluding hydrogens is 313 g/mol. The number of aromatic nitrogens is 1.